The van der Waals surface area contributed by atoms with E-state index in [0.29, 0.717) is 13.2 Å². The Balaban J connectivity index is 1.89. The molecule has 0 bridgehead atoms. The number of hydrogen-bond donors (Lipinski definition) is 1. The molecule has 3 heteroatoms. The summed E-state index contributed by atoms with van der Waals surface area (Å²) in [5, 5.41) is 0. The van der Waals surface area contributed by atoms with Gasteiger partial charge in [0.1, 0.15) is 0 Å². The molecule has 0 aromatic heterocycles. The molecule has 2 rings (SSSR count). The first-order valence-corrected chi connectivity index (χ1v) is 6.29. The van der Waals surface area contributed by atoms with E-state index in [4.69, 9.17) is 15.2 Å². The van der Waals surface area contributed by atoms with Crippen LogP contribution in [0.15, 0.2) is 24.3 Å². The molecular weight excluding hydrogens is 214 g/mol. The smallest absolute Gasteiger partial charge is 0.0948 e. The molecule has 94 valence electrons. The topological polar surface area (TPSA) is 44.5 Å². The van der Waals surface area contributed by atoms with Gasteiger partial charge in [0.2, 0.25) is 0 Å². The van der Waals surface area contributed by atoms with Crippen molar-refractivity contribution in [1.82, 2.24) is 0 Å². The summed E-state index contributed by atoms with van der Waals surface area (Å²) in [7, 11) is 0. The van der Waals surface area contributed by atoms with Gasteiger partial charge in [-0.2, -0.15) is 0 Å². The van der Waals surface area contributed by atoms with Gasteiger partial charge in [0, 0.05) is 13.2 Å². The van der Waals surface area contributed by atoms with Crippen molar-refractivity contribution in [2.75, 3.05) is 19.8 Å². The van der Waals surface area contributed by atoms with Crippen molar-refractivity contribution in [2.24, 2.45) is 5.73 Å². The van der Waals surface area contributed by atoms with Crippen molar-refractivity contribution in [2.45, 2.75) is 32.0 Å². The third-order valence-corrected chi connectivity index (χ3v) is 3.17. The van der Waals surface area contributed by atoms with Crippen molar-refractivity contribution in [3.05, 3.63) is 35.4 Å². The summed E-state index contributed by atoms with van der Waals surface area (Å²) in [4.78, 5) is 0. The monoisotopic (exact) mass is 235 g/mol. The zero-order chi connectivity index (χ0) is 12.1. The molecule has 17 heavy (non-hydrogen) atoms. The number of rotatable bonds is 5. The summed E-state index contributed by atoms with van der Waals surface area (Å²) >= 11 is 0. The van der Waals surface area contributed by atoms with Crippen LogP contribution in [0.4, 0.5) is 0 Å². The van der Waals surface area contributed by atoms with Gasteiger partial charge < -0.3 is 15.2 Å². The van der Waals surface area contributed by atoms with Gasteiger partial charge in [-0.15, -0.1) is 0 Å². The van der Waals surface area contributed by atoms with Crippen LogP contribution in [0.3, 0.4) is 0 Å². The van der Waals surface area contributed by atoms with E-state index < -0.39 is 0 Å². The van der Waals surface area contributed by atoms with Gasteiger partial charge in [-0.05, 0) is 25.3 Å². The van der Waals surface area contributed by atoms with Gasteiger partial charge in [-0.25, -0.2) is 0 Å². The van der Waals surface area contributed by atoms with Crippen LogP contribution in [0.2, 0.25) is 0 Å². The quantitative estimate of drug-likeness (QED) is 0.851. The Kier molecular flexibility index (Phi) is 4.54. The molecule has 1 heterocycles. The number of nitrogens with two attached hydrogens (primary N) is 1. The maximum atomic E-state index is 5.85. The third-order valence-electron chi connectivity index (χ3n) is 3.17. The lowest BCUT2D eigenvalue weighted by Crippen LogP contribution is -2.21. The van der Waals surface area contributed by atoms with Gasteiger partial charge in [0.25, 0.3) is 0 Å². The van der Waals surface area contributed by atoms with Crippen LogP contribution < -0.4 is 5.73 Å². The first kappa shape index (κ1) is 12.6. The molecule has 0 saturated carbocycles. The average molecular weight is 235 g/mol. The van der Waals surface area contributed by atoms with E-state index in [2.05, 4.69) is 31.2 Å². The Bertz CT molecular complexity index is 331. The molecule has 0 radical (unpaired) electrons. The second kappa shape index (κ2) is 6.15. The largest absolute Gasteiger partial charge is 0.376 e. The lowest BCUT2D eigenvalue weighted by molar-refractivity contribution is -0.0181. The van der Waals surface area contributed by atoms with Crippen molar-refractivity contribution in [3.63, 3.8) is 0 Å². The van der Waals surface area contributed by atoms with Crippen molar-refractivity contribution < 1.29 is 9.47 Å². The summed E-state index contributed by atoms with van der Waals surface area (Å²) in [5.41, 5.74) is 8.16. The van der Waals surface area contributed by atoms with Crippen LogP contribution in [0, 0.1) is 6.92 Å². The molecule has 0 spiro atoms. The molecule has 1 fully saturated rings. The summed E-state index contributed by atoms with van der Waals surface area (Å²) in [6, 6.07) is 8.35. The van der Waals surface area contributed by atoms with E-state index in [1.54, 1.807) is 0 Å². The molecule has 1 aromatic carbocycles. The maximum Gasteiger partial charge on any atom is 0.0948 e. The van der Waals surface area contributed by atoms with E-state index in [-0.39, 0.29) is 12.2 Å². The Morgan fingerprint density at radius 2 is 2.18 bits per heavy atom. The number of ether oxygens (including phenoxy) is 2. The van der Waals surface area contributed by atoms with Gasteiger partial charge in [0.05, 0.1) is 18.8 Å². The van der Waals surface area contributed by atoms with Gasteiger partial charge in [-0.1, -0.05) is 29.8 Å². The zero-order valence-electron chi connectivity index (χ0n) is 10.4. The molecule has 2 unspecified atom stereocenters. The first-order valence-electron chi connectivity index (χ1n) is 6.29. The fourth-order valence-corrected chi connectivity index (χ4v) is 2.08. The first-order chi connectivity index (χ1) is 8.29. The second-order valence-corrected chi connectivity index (χ2v) is 4.60. The molecule has 1 aliphatic heterocycles. The zero-order valence-corrected chi connectivity index (χ0v) is 10.4. The summed E-state index contributed by atoms with van der Waals surface area (Å²) < 4.78 is 11.4. The van der Waals surface area contributed by atoms with Gasteiger partial charge >= 0.3 is 0 Å². The van der Waals surface area contributed by atoms with Gasteiger partial charge in [-0.3, -0.25) is 0 Å². The molecule has 0 aliphatic carbocycles. The van der Waals surface area contributed by atoms with Crippen LogP contribution >= 0.6 is 0 Å². The van der Waals surface area contributed by atoms with E-state index in [9.17, 15) is 0 Å². The lowest BCUT2D eigenvalue weighted by Gasteiger charge is -2.19. The minimum Gasteiger partial charge on any atom is -0.376 e. The molecule has 1 saturated heterocycles. The molecule has 0 amide bonds. The Morgan fingerprint density at radius 3 is 2.76 bits per heavy atom. The van der Waals surface area contributed by atoms with Crippen molar-refractivity contribution >= 4 is 0 Å². The Hall–Kier alpha value is -0.900. The summed E-state index contributed by atoms with van der Waals surface area (Å²) in [5.74, 6) is 0. The lowest BCUT2D eigenvalue weighted by atomic mass is 10.1. The molecule has 3 nitrogen and oxygen atoms in total. The molecule has 2 atom stereocenters. The van der Waals surface area contributed by atoms with Crippen LogP contribution in [-0.2, 0) is 9.47 Å². The number of aryl methyl sites for hydroxylation is 1. The Morgan fingerprint density at radius 1 is 1.41 bits per heavy atom. The summed E-state index contributed by atoms with van der Waals surface area (Å²) in [6.07, 6.45) is 2.49. The van der Waals surface area contributed by atoms with E-state index in [1.165, 1.54) is 5.56 Å². The minimum absolute atomic E-state index is 0.0141. The van der Waals surface area contributed by atoms with E-state index in [0.717, 1.165) is 25.0 Å². The van der Waals surface area contributed by atoms with Crippen molar-refractivity contribution in [1.29, 1.82) is 0 Å². The van der Waals surface area contributed by atoms with Gasteiger partial charge in [0.15, 0.2) is 0 Å². The predicted molar refractivity (Wildman–Crippen MR) is 67.9 cm³/mol. The highest BCUT2D eigenvalue weighted by Gasteiger charge is 2.18. The van der Waals surface area contributed by atoms with E-state index >= 15 is 0 Å². The maximum absolute atomic E-state index is 5.85. The van der Waals surface area contributed by atoms with Crippen LogP contribution in [0.1, 0.15) is 30.1 Å². The van der Waals surface area contributed by atoms with Crippen LogP contribution in [-0.4, -0.2) is 25.9 Å². The predicted octanol–water partition coefficient (Wildman–Crippen LogP) is 2.19. The highest BCUT2D eigenvalue weighted by molar-refractivity contribution is 5.23. The minimum atomic E-state index is -0.0141. The average Bonchev–Trinajstić information content (AvgIpc) is 2.85. The molecule has 1 aliphatic rings. The highest BCUT2D eigenvalue weighted by Crippen LogP contribution is 2.19. The molecule has 1 aromatic rings. The Labute approximate surface area is 103 Å². The fraction of sp³-hybridized carbons (Fsp3) is 0.571. The number of benzene rings is 1. The molecular formula is C14H21NO2. The number of hydrogen-bond acceptors (Lipinski definition) is 3. The third kappa shape index (κ3) is 3.53. The standard InChI is InChI=1S/C14H21NO2/c1-11-4-6-12(7-5-11)14(9-15)17-10-13-3-2-8-16-13/h4-7,13-14H,2-3,8-10,15H2,1H3. The van der Waals surface area contributed by atoms with Crippen molar-refractivity contribution in [3.8, 4) is 0 Å². The second-order valence-electron chi connectivity index (χ2n) is 4.60. The molecule has 2 N–H and O–H groups in total. The van der Waals surface area contributed by atoms with Crippen LogP contribution in [0.5, 0.6) is 0 Å². The van der Waals surface area contributed by atoms with Crippen LogP contribution in [0.25, 0.3) is 0 Å². The summed E-state index contributed by atoms with van der Waals surface area (Å²) in [6.45, 7) is 4.10. The normalized spacial score (nSPS) is 21.6. The van der Waals surface area contributed by atoms with E-state index in [1.807, 2.05) is 0 Å². The fourth-order valence-electron chi connectivity index (χ4n) is 2.08. The SMILES string of the molecule is Cc1ccc(C(CN)OCC2CCCO2)cc1. The highest BCUT2D eigenvalue weighted by atomic mass is 16.5.